The molecule has 0 spiro atoms. The third kappa shape index (κ3) is 5.80. The van der Waals surface area contributed by atoms with Gasteiger partial charge in [0, 0.05) is 12.2 Å². The van der Waals surface area contributed by atoms with Crippen molar-refractivity contribution >= 4 is 35.2 Å². The maximum absolute atomic E-state index is 13.4. The number of rotatable bonds is 7. The molecule has 190 valence electrons. The topological polar surface area (TPSA) is 96.0 Å². The number of nitrogens with one attached hydrogen (secondary N) is 1. The molecule has 0 radical (unpaired) electrons. The Bertz CT molecular complexity index is 1310. The van der Waals surface area contributed by atoms with E-state index in [2.05, 4.69) is 5.32 Å². The van der Waals surface area contributed by atoms with Crippen molar-refractivity contribution in [1.29, 1.82) is 0 Å². The van der Waals surface area contributed by atoms with E-state index < -0.39 is 41.5 Å². The number of carbonyl (C=O) groups excluding carboxylic acids is 4. The van der Waals surface area contributed by atoms with Crippen LogP contribution in [0.2, 0.25) is 0 Å². The van der Waals surface area contributed by atoms with Gasteiger partial charge in [-0.2, -0.15) is 0 Å². The Morgan fingerprint density at radius 1 is 0.946 bits per heavy atom. The van der Waals surface area contributed by atoms with Crippen LogP contribution in [0.15, 0.2) is 72.8 Å². The zero-order chi connectivity index (χ0) is 26.5. The number of benzene rings is 3. The average molecular weight is 507 g/mol. The van der Waals surface area contributed by atoms with Crippen molar-refractivity contribution in [1.82, 2.24) is 4.90 Å². The molecule has 1 aliphatic heterocycles. The van der Waals surface area contributed by atoms with Crippen LogP contribution in [0.25, 0.3) is 0 Å². The van der Waals surface area contributed by atoms with Gasteiger partial charge < -0.3 is 15.0 Å². The van der Waals surface area contributed by atoms with Crippen LogP contribution in [-0.4, -0.2) is 41.4 Å². The molecule has 10 heteroatoms. The predicted molar refractivity (Wildman–Crippen MR) is 131 cm³/mol. The highest BCUT2D eigenvalue weighted by atomic mass is 19.1. The highest BCUT2D eigenvalue weighted by Gasteiger charge is 2.44. The third-order valence-corrected chi connectivity index (χ3v) is 5.76. The summed E-state index contributed by atoms with van der Waals surface area (Å²) in [5.41, 5.74) is 1.33. The molecule has 0 bridgehead atoms. The molecule has 37 heavy (non-hydrogen) atoms. The Kier molecular flexibility index (Phi) is 7.57. The fourth-order valence-electron chi connectivity index (χ4n) is 3.93. The van der Waals surface area contributed by atoms with Gasteiger partial charge in [0.15, 0.2) is 0 Å². The first-order chi connectivity index (χ1) is 17.8. The number of imide groups is 1. The number of anilines is 2. The fraction of sp³-hybridized carbons (Fsp3) is 0.185. The number of esters is 1. The van der Waals surface area contributed by atoms with E-state index in [0.29, 0.717) is 11.3 Å². The molecule has 1 aliphatic rings. The van der Waals surface area contributed by atoms with Gasteiger partial charge in [-0.25, -0.2) is 23.3 Å². The van der Waals surface area contributed by atoms with Crippen LogP contribution in [0.4, 0.5) is 25.0 Å². The molecule has 3 aromatic carbocycles. The van der Waals surface area contributed by atoms with E-state index in [4.69, 9.17) is 4.74 Å². The number of nitrogens with zero attached hydrogens (tertiary/aromatic N) is 2. The maximum Gasteiger partial charge on any atom is 0.338 e. The quantitative estimate of drug-likeness (QED) is 0.375. The first-order valence-electron chi connectivity index (χ1n) is 11.5. The number of hydrogen-bond acceptors (Lipinski definition) is 5. The zero-order valence-electron chi connectivity index (χ0n) is 19.8. The lowest BCUT2D eigenvalue weighted by atomic mass is 10.1. The van der Waals surface area contributed by atoms with E-state index in [0.717, 1.165) is 4.90 Å². The van der Waals surface area contributed by atoms with Gasteiger partial charge in [0.2, 0.25) is 5.91 Å². The molecule has 0 saturated carbocycles. The zero-order valence-corrected chi connectivity index (χ0v) is 19.8. The van der Waals surface area contributed by atoms with Gasteiger partial charge in [-0.05, 0) is 73.2 Å². The SMILES string of the molecule is CCOC(=O)c1ccc(N2C(=O)C[C@@H](N(Cc3ccc(F)cc3)C(=O)Nc3ccc(F)cc3)C2=O)cc1. The maximum atomic E-state index is 13.4. The Hall–Kier alpha value is -4.60. The monoisotopic (exact) mass is 507 g/mol. The molecule has 1 atom stereocenters. The minimum Gasteiger partial charge on any atom is -0.462 e. The predicted octanol–water partition coefficient (Wildman–Crippen LogP) is 4.51. The number of urea groups is 1. The summed E-state index contributed by atoms with van der Waals surface area (Å²) in [6.07, 6.45) is -0.281. The summed E-state index contributed by atoms with van der Waals surface area (Å²) < 4.78 is 31.7. The number of ether oxygens (including phenoxy) is 1. The van der Waals surface area contributed by atoms with Crippen molar-refractivity contribution in [2.24, 2.45) is 0 Å². The lowest BCUT2D eigenvalue weighted by Crippen LogP contribution is -2.46. The van der Waals surface area contributed by atoms with Gasteiger partial charge in [-0.3, -0.25) is 9.59 Å². The second kappa shape index (κ2) is 11.0. The van der Waals surface area contributed by atoms with Crippen LogP contribution in [0, 0.1) is 11.6 Å². The molecule has 1 heterocycles. The van der Waals surface area contributed by atoms with Crippen LogP contribution in [0.3, 0.4) is 0 Å². The van der Waals surface area contributed by atoms with E-state index in [-0.39, 0.29) is 30.8 Å². The molecular weight excluding hydrogens is 484 g/mol. The fourth-order valence-corrected chi connectivity index (χ4v) is 3.93. The standard InChI is InChI=1S/C27H23F2N3O5/c1-2-37-26(35)18-5-13-22(14-6-18)32-24(33)15-23(25(32)34)31(16-17-3-7-19(28)8-4-17)27(36)30-21-11-9-20(29)10-12-21/h3-14,23H,2,15-16H2,1H3,(H,30,36)/t23-/m1/s1. The minimum atomic E-state index is -1.15. The molecule has 0 unspecified atom stereocenters. The van der Waals surface area contributed by atoms with Crippen LogP contribution in [-0.2, 0) is 20.9 Å². The number of hydrogen-bond donors (Lipinski definition) is 1. The van der Waals surface area contributed by atoms with Crippen molar-refractivity contribution in [3.05, 3.63) is 95.6 Å². The Morgan fingerprint density at radius 2 is 1.54 bits per heavy atom. The van der Waals surface area contributed by atoms with Crippen LogP contribution < -0.4 is 10.2 Å². The summed E-state index contributed by atoms with van der Waals surface area (Å²) in [6, 6.07) is 14.4. The van der Waals surface area contributed by atoms with E-state index >= 15 is 0 Å². The molecule has 4 rings (SSSR count). The first-order valence-corrected chi connectivity index (χ1v) is 11.5. The highest BCUT2D eigenvalue weighted by molar-refractivity contribution is 6.23. The van der Waals surface area contributed by atoms with Crippen LogP contribution in [0.5, 0.6) is 0 Å². The largest absolute Gasteiger partial charge is 0.462 e. The Labute approximate surface area is 211 Å². The second-order valence-electron chi connectivity index (χ2n) is 8.25. The second-order valence-corrected chi connectivity index (χ2v) is 8.25. The molecule has 0 aromatic heterocycles. The van der Waals surface area contributed by atoms with Gasteiger partial charge in [-0.1, -0.05) is 12.1 Å². The molecule has 4 amide bonds. The number of halogens is 2. The summed E-state index contributed by atoms with van der Waals surface area (Å²) in [7, 11) is 0. The van der Waals surface area contributed by atoms with E-state index in [1.165, 1.54) is 77.7 Å². The van der Waals surface area contributed by atoms with Crippen molar-refractivity contribution in [2.45, 2.75) is 25.9 Å². The smallest absolute Gasteiger partial charge is 0.338 e. The summed E-state index contributed by atoms with van der Waals surface area (Å²) >= 11 is 0. The van der Waals surface area contributed by atoms with Crippen molar-refractivity contribution in [2.75, 3.05) is 16.8 Å². The van der Waals surface area contributed by atoms with Crippen LogP contribution in [0.1, 0.15) is 29.3 Å². The van der Waals surface area contributed by atoms with Gasteiger partial charge in [0.05, 0.1) is 24.3 Å². The third-order valence-electron chi connectivity index (χ3n) is 5.76. The summed E-state index contributed by atoms with van der Waals surface area (Å²) in [4.78, 5) is 53.6. The molecule has 1 saturated heterocycles. The van der Waals surface area contributed by atoms with Gasteiger partial charge in [0.1, 0.15) is 17.7 Å². The lowest BCUT2D eigenvalue weighted by molar-refractivity contribution is -0.122. The average Bonchev–Trinajstić information content (AvgIpc) is 3.18. The Balaban J connectivity index is 1.59. The normalized spacial score (nSPS) is 15.0. The minimum absolute atomic E-state index is 0.0906. The molecule has 0 aliphatic carbocycles. The van der Waals surface area contributed by atoms with E-state index in [1.54, 1.807) is 6.92 Å². The molecule has 1 N–H and O–H groups in total. The van der Waals surface area contributed by atoms with E-state index in [1.807, 2.05) is 0 Å². The molecule has 8 nitrogen and oxygen atoms in total. The van der Waals surface area contributed by atoms with E-state index in [9.17, 15) is 28.0 Å². The molecular formula is C27H23F2N3O5. The van der Waals surface area contributed by atoms with Crippen molar-refractivity contribution < 1.29 is 32.7 Å². The number of carbonyl (C=O) groups is 4. The summed E-state index contributed by atoms with van der Waals surface area (Å²) in [5, 5.41) is 2.61. The van der Waals surface area contributed by atoms with Gasteiger partial charge in [0.25, 0.3) is 5.91 Å². The molecule has 1 fully saturated rings. The summed E-state index contributed by atoms with van der Waals surface area (Å²) in [6.45, 7) is 1.79. The lowest BCUT2D eigenvalue weighted by Gasteiger charge is -2.28. The van der Waals surface area contributed by atoms with Gasteiger partial charge >= 0.3 is 12.0 Å². The van der Waals surface area contributed by atoms with Crippen LogP contribution >= 0.6 is 0 Å². The Morgan fingerprint density at radius 3 is 2.14 bits per heavy atom. The van der Waals surface area contributed by atoms with Crippen molar-refractivity contribution in [3.8, 4) is 0 Å². The highest BCUT2D eigenvalue weighted by Crippen LogP contribution is 2.28. The number of amides is 4. The van der Waals surface area contributed by atoms with Crippen molar-refractivity contribution in [3.63, 3.8) is 0 Å². The van der Waals surface area contributed by atoms with Gasteiger partial charge in [-0.15, -0.1) is 0 Å². The summed E-state index contributed by atoms with van der Waals surface area (Å²) in [5.74, 6) is -2.64. The molecule has 3 aromatic rings. The first kappa shape index (κ1) is 25.5.